The highest BCUT2D eigenvalue weighted by Gasteiger charge is 1.91. The third kappa shape index (κ3) is 3.11. The Kier molecular flexibility index (Phi) is 3.35. The summed E-state index contributed by atoms with van der Waals surface area (Å²) in [5.74, 6) is 0. The first-order valence-electron chi connectivity index (χ1n) is 4.84. The number of imidazole rings is 1. The van der Waals surface area contributed by atoms with Crippen LogP contribution in [0, 0.1) is 0 Å². The van der Waals surface area contributed by atoms with Crippen molar-refractivity contribution in [3.05, 3.63) is 49.1 Å². The summed E-state index contributed by atoms with van der Waals surface area (Å²) in [6.45, 7) is 1.39. The minimum Gasteiger partial charge on any atom is -0.335 e. The fourth-order valence-electron chi connectivity index (χ4n) is 1.21. The van der Waals surface area contributed by atoms with Gasteiger partial charge in [0.05, 0.1) is 18.6 Å². The maximum Gasteiger partial charge on any atom is 0.0946 e. The zero-order valence-corrected chi connectivity index (χ0v) is 8.34. The van der Waals surface area contributed by atoms with Crippen molar-refractivity contribution >= 4 is 5.69 Å². The van der Waals surface area contributed by atoms with E-state index in [-0.39, 0.29) is 0 Å². The molecule has 0 unspecified atom stereocenters. The minimum atomic E-state index is 0.602. The van der Waals surface area contributed by atoms with Crippen LogP contribution in [0.4, 0.5) is 5.69 Å². The van der Waals surface area contributed by atoms with Crippen molar-refractivity contribution in [3.63, 3.8) is 0 Å². The van der Waals surface area contributed by atoms with Gasteiger partial charge in [-0.1, -0.05) is 18.2 Å². The number of anilines is 1. The zero-order valence-electron chi connectivity index (χ0n) is 8.34. The number of aromatic nitrogens is 2. The lowest BCUT2D eigenvalue weighted by atomic mass is 10.3. The minimum absolute atomic E-state index is 0.602. The number of rotatable bonds is 5. The van der Waals surface area contributed by atoms with Crippen LogP contribution in [-0.2, 0) is 11.4 Å². The highest BCUT2D eigenvalue weighted by atomic mass is 16.6. The Hall–Kier alpha value is -1.81. The van der Waals surface area contributed by atoms with E-state index in [2.05, 4.69) is 10.5 Å². The van der Waals surface area contributed by atoms with Crippen molar-refractivity contribution in [1.82, 2.24) is 9.55 Å². The van der Waals surface area contributed by atoms with Gasteiger partial charge in [-0.3, -0.25) is 10.3 Å². The van der Waals surface area contributed by atoms with Crippen LogP contribution in [-0.4, -0.2) is 16.2 Å². The second-order valence-corrected chi connectivity index (χ2v) is 3.12. The largest absolute Gasteiger partial charge is 0.335 e. The number of para-hydroxylation sites is 1. The van der Waals surface area contributed by atoms with E-state index in [0.29, 0.717) is 6.61 Å². The van der Waals surface area contributed by atoms with Gasteiger partial charge >= 0.3 is 0 Å². The SMILES string of the molecule is c1ccc(NOCCn2ccnc2)cc1. The van der Waals surface area contributed by atoms with Crippen molar-refractivity contribution in [3.8, 4) is 0 Å². The summed E-state index contributed by atoms with van der Waals surface area (Å²) in [5.41, 5.74) is 3.83. The molecule has 1 aromatic heterocycles. The number of benzene rings is 1. The molecule has 0 saturated heterocycles. The van der Waals surface area contributed by atoms with Gasteiger partial charge in [-0.2, -0.15) is 0 Å². The number of hydrogen-bond donors (Lipinski definition) is 1. The molecule has 0 aliphatic heterocycles. The van der Waals surface area contributed by atoms with Crippen molar-refractivity contribution in [2.45, 2.75) is 6.54 Å². The smallest absolute Gasteiger partial charge is 0.0946 e. The second-order valence-electron chi connectivity index (χ2n) is 3.12. The van der Waals surface area contributed by atoms with E-state index < -0.39 is 0 Å². The molecule has 2 rings (SSSR count). The maximum absolute atomic E-state index is 5.29. The summed E-state index contributed by atoms with van der Waals surface area (Å²) in [5, 5.41) is 0. The fraction of sp³-hybridized carbons (Fsp3) is 0.182. The fourth-order valence-corrected chi connectivity index (χ4v) is 1.21. The van der Waals surface area contributed by atoms with E-state index in [1.54, 1.807) is 12.5 Å². The molecular weight excluding hydrogens is 190 g/mol. The normalized spacial score (nSPS) is 10.1. The second kappa shape index (κ2) is 5.17. The first-order valence-corrected chi connectivity index (χ1v) is 4.84. The molecule has 4 nitrogen and oxygen atoms in total. The lowest BCUT2D eigenvalue weighted by Crippen LogP contribution is -2.08. The molecule has 78 valence electrons. The average molecular weight is 203 g/mol. The molecule has 0 atom stereocenters. The van der Waals surface area contributed by atoms with Crippen LogP contribution in [0.1, 0.15) is 0 Å². The van der Waals surface area contributed by atoms with Crippen LogP contribution in [0.2, 0.25) is 0 Å². The molecule has 0 fully saturated rings. The molecule has 2 aromatic rings. The van der Waals surface area contributed by atoms with Crippen LogP contribution in [0.25, 0.3) is 0 Å². The predicted octanol–water partition coefficient (Wildman–Crippen LogP) is 1.93. The van der Waals surface area contributed by atoms with E-state index in [9.17, 15) is 0 Å². The van der Waals surface area contributed by atoms with Crippen LogP contribution in [0.15, 0.2) is 49.1 Å². The van der Waals surface area contributed by atoms with Gasteiger partial charge in [-0.25, -0.2) is 4.98 Å². The summed E-state index contributed by atoms with van der Waals surface area (Å²) < 4.78 is 1.96. The molecule has 0 aliphatic carbocycles. The zero-order chi connectivity index (χ0) is 10.3. The van der Waals surface area contributed by atoms with Gasteiger partial charge in [-0.15, -0.1) is 0 Å². The number of nitrogens with one attached hydrogen (secondary N) is 1. The molecular formula is C11H13N3O. The van der Waals surface area contributed by atoms with Gasteiger partial charge in [0.2, 0.25) is 0 Å². The van der Waals surface area contributed by atoms with Gasteiger partial charge in [0.1, 0.15) is 0 Å². The third-order valence-corrected chi connectivity index (χ3v) is 1.97. The Labute approximate surface area is 88.5 Å². The van der Waals surface area contributed by atoms with Gasteiger partial charge in [0, 0.05) is 18.9 Å². The van der Waals surface area contributed by atoms with Gasteiger partial charge in [0.25, 0.3) is 0 Å². The van der Waals surface area contributed by atoms with Crippen LogP contribution in [0.5, 0.6) is 0 Å². The lowest BCUT2D eigenvalue weighted by molar-refractivity contribution is 0.183. The Morgan fingerprint density at radius 1 is 1.27 bits per heavy atom. The summed E-state index contributed by atoms with van der Waals surface area (Å²) in [7, 11) is 0. The van der Waals surface area contributed by atoms with Crippen molar-refractivity contribution in [2.24, 2.45) is 0 Å². The standard InChI is InChI=1S/C11H13N3O/c1-2-4-11(5-3-1)13-15-9-8-14-7-6-12-10-14/h1-7,10,13H,8-9H2. The van der Waals surface area contributed by atoms with E-state index in [1.807, 2.05) is 41.1 Å². The Morgan fingerprint density at radius 2 is 2.13 bits per heavy atom. The van der Waals surface area contributed by atoms with Gasteiger partial charge in [-0.05, 0) is 12.1 Å². The third-order valence-electron chi connectivity index (χ3n) is 1.97. The van der Waals surface area contributed by atoms with E-state index in [4.69, 9.17) is 4.84 Å². The predicted molar refractivity (Wildman–Crippen MR) is 58.2 cm³/mol. The summed E-state index contributed by atoms with van der Waals surface area (Å²) in [4.78, 5) is 9.24. The Bertz CT molecular complexity index is 372. The molecule has 4 heteroatoms. The topological polar surface area (TPSA) is 39.1 Å². The molecule has 0 spiro atoms. The highest BCUT2D eigenvalue weighted by Crippen LogP contribution is 2.04. The van der Waals surface area contributed by atoms with E-state index in [1.165, 1.54) is 0 Å². The average Bonchev–Trinajstić information content (AvgIpc) is 2.79. The van der Waals surface area contributed by atoms with Crippen molar-refractivity contribution < 1.29 is 4.84 Å². The molecule has 15 heavy (non-hydrogen) atoms. The van der Waals surface area contributed by atoms with Crippen LogP contribution < -0.4 is 5.48 Å². The summed E-state index contributed by atoms with van der Waals surface area (Å²) in [6, 6.07) is 9.80. The van der Waals surface area contributed by atoms with Gasteiger partial charge in [0.15, 0.2) is 0 Å². The molecule has 0 aliphatic rings. The molecule has 0 saturated carbocycles. The van der Waals surface area contributed by atoms with Crippen LogP contribution >= 0.6 is 0 Å². The Morgan fingerprint density at radius 3 is 2.87 bits per heavy atom. The monoisotopic (exact) mass is 203 g/mol. The molecule has 0 amide bonds. The number of nitrogens with zero attached hydrogens (tertiary/aromatic N) is 2. The van der Waals surface area contributed by atoms with Crippen LogP contribution in [0.3, 0.4) is 0 Å². The number of hydrogen-bond acceptors (Lipinski definition) is 3. The van der Waals surface area contributed by atoms with Gasteiger partial charge < -0.3 is 4.57 Å². The molecule has 1 N–H and O–H groups in total. The molecule has 1 heterocycles. The van der Waals surface area contributed by atoms with E-state index >= 15 is 0 Å². The quantitative estimate of drug-likeness (QED) is 0.596. The summed E-state index contributed by atoms with van der Waals surface area (Å²) >= 11 is 0. The maximum atomic E-state index is 5.29. The molecule has 1 aromatic carbocycles. The Balaban J connectivity index is 1.68. The lowest BCUT2D eigenvalue weighted by Gasteiger charge is -2.06. The highest BCUT2D eigenvalue weighted by molar-refractivity contribution is 5.39. The summed E-state index contributed by atoms with van der Waals surface area (Å²) in [6.07, 6.45) is 5.43. The van der Waals surface area contributed by atoms with E-state index in [0.717, 1.165) is 12.2 Å². The first-order chi connectivity index (χ1) is 7.45. The first kappa shape index (κ1) is 9.73. The molecule has 0 bridgehead atoms. The van der Waals surface area contributed by atoms with Crippen molar-refractivity contribution in [2.75, 3.05) is 12.1 Å². The molecule has 0 radical (unpaired) electrons. The van der Waals surface area contributed by atoms with Crippen molar-refractivity contribution in [1.29, 1.82) is 0 Å².